The van der Waals surface area contributed by atoms with Gasteiger partial charge in [-0.15, -0.1) is 0 Å². The minimum absolute atomic E-state index is 0.0791. The molecule has 0 atom stereocenters. The van der Waals surface area contributed by atoms with Crippen LogP contribution in [-0.4, -0.2) is 51.6 Å². The Kier molecular flexibility index (Phi) is 7.61. The molecule has 1 fully saturated rings. The van der Waals surface area contributed by atoms with Crippen LogP contribution in [0.1, 0.15) is 55.5 Å². The van der Waals surface area contributed by atoms with Crippen molar-refractivity contribution in [1.29, 1.82) is 0 Å². The lowest BCUT2D eigenvalue weighted by Gasteiger charge is -2.27. The molecular formula is C19H30N2O4S. The molecule has 7 heteroatoms. The molecule has 1 saturated heterocycles. The molecule has 1 heterocycles. The van der Waals surface area contributed by atoms with E-state index < -0.39 is 10.0 Å². The monoisotopic (exact) mass is 382 g/mol. The molecule has 0 spiro atoms. The van der Waals surface area contributed by atoms with Gasteiger partial charge in [-0.3, -0.25) is 4.79 Å². The van der Waals surface area contributed by atoms with Crippen LogP contribution < -0.4 is 4.72 Å². The zero-order chi connectivity index (χ0) is 19.2. The lowest BCUT2D eigenvalue weighted by atomic mass is 10.1. The van der Waals surface area contributed by atoms with Crippen LogP contribution in [0.4, 0.5) is 0 Å². The van der Waals surface area contributed by atoms with Gasteiger partial charge in [-0.1, -0.05) is 6.07 Å². The smallest absolute Gasteiger partial charge is 0.254 e. The van der Waals surface area contributed by atoms with Crippen molar-refractivity contribution < 1.29 is 17.9 Å². The predicted octanol–water partition coefficient (Wildman–Crippen LogP) is 2.71. The summed E-state index contributed by atoms with van der Waals surface area (Å²) in [5.41, 5.74) is 1.27. The number of piperidine rings is 1. The van der Waals surface area contributed by atoms with Crippen molar-refractivity contribution >= 4 is 15.9 Å². The number of hydrogen-bond donors (Lipinski definition) is 1. The molecule has 1 amide bonds. The summed E-state index contributed by atoms with van der Waals surface area (Å²) in [7, 11) is -3.64. The lowest BCUT2D eigenvalue weighted by molar-refractivity contribution is 0.0723. The van der Waals surface area contributed by atoms with Crippen LogP contribution in [0.25, 0.3) is 0 Å². The summed E-state index contributed by atoms with van der Waals surface area (Å²) < 4.78 is 33.0. The molecule has 1 aromatic carbocycles. The maximum absolute atomic E-state index is 12.8. The van der Waals surface area contributed by atoms with E-state index in [4.69, 9.17) is 4.74 Å². The fourth-order valence-corrected chi connectivity index (χ4v) is 4.05. The zero-order valence-electron chi connectivity index (χ0n) is 16.0. The van der Waals surface area contributed by atoms with Crippen molar-refractivity contribution in [2.45, 2.75) is 57.5 Å². The number of carbonyl (C=O) groups excluding carboxylic acids is 1. The summed E-state index contributed by atoms with van der Waals surface area (Å²) in [6.45, 7) is 8.01. The van der Waals surface area contributed by atoms with Crippen LogP contribution in [0, 0.1) is 6.92 Å². The fourth-order valence-electron chi connectivity index (χ4n) is 2.95. The van der Waals surface area contributed by atoms with E-state index in [2.05, 4.69) is 4.72 Å². The molecule has 0 aliphatic carbocycles. The van der Waals surface area contributed by atoms with E-state index in [9.17, 15) is 13.2 Å². The Bertz CT molecular complexity index is 710. The number of rotatable bonds is 8. The molecule has 1 N–H and O–H groups in total. The van der Waals surface area contributed by atoms with Gasteiger partial charge in [-0.05, 0) is 64.2 Å². The first kappa shape index (κ1) is 20.9. The molecule has 1 aromatic rings. The van der Waals surface area contributed by atoms with Gasteiger partial charge >= 0.3 is 0 Å². The molecular weight excluding hydrogens is 352 g/mol. The van der Waals surface area contributed by atoms with Gasteiger partial charge in [-0.2, -0.15) is 0 Å². The molecule has 2 rings (SSSR count). The second kappa shape index (κ2) is 9.48. The fraction of sp³-hybridized carbons (Fsp3) is 0.632. The first-order valence-corrected chi connectivity index (χ1v) is 10.8. The van der Waals surface area contributed by atoms with Gasteiger partial charge in [0.15, 0.2) is 0 Å². The topological polar surface area (TPSA) is 75.7 Å². The molecule has 0 unspecified atom stereocenters. The molecule has 1 aliphatic rings. The number of benzene rings is 1. The van der Waals surface area contributed by atoms with Gasteiger partial charge in [0.2, 0.25) is 10.0 Å². The molecule has 26 heavy (non-hydrogen) atoms. The number of carbonyl (C=O) groups is 1. The van der Waals surface area contributed by atoms with Crippen molar-refractivity contribution in [2.24, 2.45) is 0 Å². The van der Waals surface area contributed by atoms with Crippen LogP contribution in [0.5, 0.6) is 0 Å². The largest absolute Gasteiger partial charge is 0.379 e. The average molecular weight is 383 g/mol. The van der Waals surface area contributed by atoms with Gasteiger partial charge in [0.1, 0.15) is 0 Å². The maximum Gasteiger partial charge on any atom is 0.254 e. The van der Waals surface area contributed by atoms with E-state index in [0.29, 0.717) is 25.1 Å². The number of sulfonamides is 1. The number of aryl methyl sites for hydroxylation is 1. The van der Waals surface area contributed by atoms with E-state index in [1.807, 2.05) is 25.7 Å². The molecule has 6 nitrogen and oxygen atoms in total. The number of nitrogens with one attached hydrogen (secondary N) is 1. The Labute approximate surface area is 157 Å². The Morgan fingerprint density at radius 2 is 1.92 bits per heavy atom. The molecule has 0 saturated carbocycles. The highest BCUT2D eigenvalue weighted by Gasteiger charge is 2.22. The Balaban J connectivity index is 2.05. The lowest BCUT2D eigenvalue weighted by Crippen LogP contribution is -2.36. The number of likely N-dealkylation sites (tertiary alicyclic amines) is 1. The SMILES string of the molecule is Cc1ccc(S(=O)(=O)NCCCOC(C)C)cc1C(=O)N1CCCCC1. The highest BCUT2D eigenvalue weighted by atomic mass is 32.2. The Morgan fingerprint density at radius 3 is 2.58 bits per heavy atom. The summed E-state index contributed by atoms with van der Waals surface area (Å²) >= 11 is 0. The van der Waals surface area contributed by atoms with Gasteiger partial charge < -0.3 is 9.64 Å². The van der Waals surface area contributed by atoms with E-state index in [-0.39, 0.29) is 16.9 Å². The molecule has 0 aromatic heterocycles. The zero-order valence-corrected chi connectivity index (χ0v) is 16.8. The van der Waals surface area contributed by atoms with Crippen LogP contribution in [0.15, 0.2) is 23.1 Å². The minimum Gasteiger partial charge on any atom is -0.379 e. The summed E-state index contributed by atoms with van der Waals surface area (Å²) in [6.07, 6.45) is 3.88. The van der Waals surface area contributed by atoms with Gasteiger partial charge in [0, 0.05) is 31.8 Å². The van der Waals surface area contributed by atoms with Gasteiger partial charge in [-0.25, -0.2) is 13.1 Å². The van der Waals surface area contributed by atoms with Crippen LogP contribution in [0.2, 0.25) is 0 Å². The van der Waals surface area contributed by atoms with Crippen molar-refractivity contribution in [3.63, 3.8) is 0 Å². The van der Waals surface area contributed by atoms with Gasteiger partial charge in [0.05, 0.1) is 11.0 Å². The summed E-state index contributed by atoms with van der Waals surface area (Å²) in [5.74, 6) is -0.0791. The molecule has 146 valence electrons. The summed E-state index contributed by atoms with van der Waals surface area (Å²) in [5, 5.41) is 0. The Morgan fingerprint density at radius 1 is 1.23 bits per heavy atom. The second-order valence-corrected chi connectivity index (χ2v) is 8.77. The van der Waals surface area contributed by atoms with Crippen molar-refractivity contribution in [3.05, 3.63) is 29.3 Å². The quantitative estimate of drug-likeness (QED) is 0.702. The third-order valence-corrected chi connectivity index (χ3v) is 5.92. The first-order chi connectivity index (χ1) is 12.3. The molecule has 0 bridgehead atoms. The van der Waals surface area contributed by atoms with E-state index >= 15 is 0 Å². The maximum atomic E-state index is 12.8. The molecule has 0 radical (unpaired) electrons. The van der Waals surface area contributed by atoms with Gasteiger partial charge in [0.25, 0.3) is 5.91 Å². The third kappa shape index (κ3) is 5.79. The van der Waals surface area contributed by atoms with Crippen molar-refractivity contribution in [3.8, 4) is 0 Å². The normalized spacial score (nSPS) is 15.5. The summed E-state index contributed by atoms with van der Waals surface area (Å²) in [6, 6.07) is 4.75. The minimum atomic E-state index is -3.64. The number of hydrogen-bond acceptors (Lipinski definition) is 4. The Hall–Kier alpha value is -1.44. The van der Waals surface area contributed by atoms with E-state index in [1.54, 1.807) is 12.1 Å². The van der Waals surface area contributed by atoms with Crippen LogP contribution in [-0.2, 0) is 14.8 Å². The van der Waals surface area contributed by atoms with Crippen LogP contribution in [0.3, 0.4) is 0 Å². The standard InChI is InChI=1S/C19H30N2O4S/c1-15(2)25-13-7-10-20-26(23,24)17-9-8-16(3)18(14-17)19(22)21-11-5-4-6-12-21/h8-9,14-15,20H,4-7,10-13H2,1-3H3. The number of nitrogens with zero attached hydrogens (tertiary/aromatic N) is 1. The summed E-state index contributed by atoms with van der Waals surface area (Å²) in [4.78, 5) is 14.7. The first-order valence-electron chi connectivity index (χ1n) is 9.32. The van der Waals surface area contributed by atoms with E-state index in [1.165, 1.54) is 6.07 Å². The van der Waals surface area contributed by atoms with Crippen LogP contribution >= 0.6 is 0 Å². The number of ether oxygens (including phenoxy) is 1. The second-order valence-electron chi connectivity index (χ2n) is 7.00. The van der Waals surface area contributed by atoms with E-state index in [0.717, 1.165) is 37.9 Å². The predicted molar refractivity (Wildman–Crippen MR) is 102 cm³/mol. The molecule has 1 aliphatic heterocycles. The highest BCUT2D eigenvalue weighted by molar-refractivity contribution is 7.89. The van der Waals surface area contributed by atoms with Crippen molar-refractivity contribution in [2.75, 3.05) is 26.2 Å². The number of amides is 1. The average Bonchev–Trinajstić information content (AvgIpc) is 2.61. The third-order valence-electron chi connectivity index (χ3n) is 4.46. The highest BCUT2D eigenvalue weighted by Crippen LogP contribution is 2.19. The van der Waals surface area contributed by atoms with Crippen molar-refractivity contribution in [1.82, 2.24) is 9.62 Å².